The van der Waals surface area contributed by atoms with E-state index < -0.39 is 0 Å². The highest BCUT2D eigenvalue weighted by Crippen LogP contribution is 2.22. The zero-order valence-electron chi connectivity index (χ0n) is 12.2. The molecular weight excluding hydrogens is 226 g/mol. The Balaban J connectivity index is 2.06. The number of hydrogen-bond acceptors (Lipinski definition) is 3. The number of ether oxygens (including phenoxy) is 1. The Morgan fingerprint density at radius 3 is 2.72 bits per heavy atom. The third kappa shape index (κ3) is 5.51. The van der Waals surface area contributed by atoms with Gasteiger partial charge in [-0.1, -0.05) is 6.08 Å². The molecule has 0 aromatic rings. The molecule has 3 nitrogen and oxygen atoms in total. The summed E-state index contributed by atoms with van der Waals surface area (Å²) in [5.74, 6) is 0. The molecule has 1 aliphatic heterocycles. The molecule has 1 heterocycles. The summed E-state index contributed by atoms with van der Waals surface area (Å²) in [6.45, 7) is 13.3. The van der Waals surface area contributed by atoms with Crippen LogP contribution >= 0.6 is 0 Å². The normalized spacial score (nSPS) is 23.2. The molecule has 3 heteroatoms. The minimum atomic E-state index is -0.354. The summed E-state index contributed by atoms with van der Waals surface area (Å²) in [6, 6.07) is 0. The molecular formula is C15H29NO2. The Labute approximate surface area is 112 Å². The average Bonchev–Trinajstić information content (AvgIpc) is 2.76. The van der Waals surface area contributed by atoms with Crippen molar-refractivity contribution in [2.45, 2.75) is 64.2 Å². The number of hydrogen-bond donors (Lipinski definition) is 1. The average molecular weight is 255 g/mol. The van der Waals surface area contributed by atoms with Gasteiger partial charge in [0.2, 0.25) is 0 Å². The van der Waals surface area contributed by atoms with E-state index in [1.54, 1.807) is 6.08 Å². The molecule has 0 spiro atoms. The van der Waals surface area contributed by atoms with E-state index in [-0.39, 0.29) is 11.6 Å². The molecule has 0 bridgehead atoms. The standard InChI is InChI=1S/C15H29NO2/c1-5-13(17)8-6-7-11-18-14-9-10-16(12-14)15(2,3)4/h5,13-14,17H,1,6-12H2,2-4H3. The van der Waals surface area contributed by atoms with Gasteiger partial charge in [0.05, 0.1) is 12.2 Å². The van der Waals surface area contributed by atoms with E-state index in [1.807, 2.05) is 0 Å². The second-order valence-corrected chi connectivity index (χ2v) is 6.20. The quantitative estimate of drug-likeness (QED) is 0.560. The van der Waals surface area contributed by atoms with Crippen LogP contribution < -0.4 is 0 Å². The highest BCUT2D eigenvalue weighted by Gasteiger charge is 2.30. The molecule has 18 heavy (non-hydrogen) atoms. The zero-order chi connectivity index (χ0) is 13.6. The van der Waals surface area contributed by atoms with Gasteiger partial charge in [-0.2, -0.15) is 0 Å². The van der Waals surface area contributed by atoms with Crippen molar-refractivity contribution in [2.24, 2.45) is 0 Å². The van der Waals surface area contributed by atoms with Crippen molar-refractivity contribution in [2.75, 3.05) is 19.7 Å². The van der Waals surface area contributed by atoms with Gasteiger partial charge in [0.1, 0.15) is 0 Å². The van der Waals surface area contributed by atoms with E-state index >= 15 is 0 Å². The van der Waals surface area contributed by atoms with Crippen LogP contribution in [0.4, 0.5) is 0 Å². The van der Waals surface area contributed by atoms with Crippen LogP contribution in [0.2, 0.25) is 0 Å². The number of aliphatic hydroxyl groups excluding tert-OH is 1. The Morgan fingerprint density at radius 2 is 2.17 bits per heavy atom. The summed E-state index contributed by atoms with van der Waals surface area (Å²) in [6.07, 6.45) is 5.61. The van der Waals surface area contributed by atoms with Crippen LogP contribution in [-0.2, 0) is 4.74 Å². The van der Waals surface area contributed by atoms with Gasteiger partial charge in [-0.25, -0.2) is 0 Å². The molecule has 0 aliphatic carbocycles. The molecule has 0 aromatic carbocycles. The lowest BCUT2D eigenvalue weighted by molar-refractivity contribution is 0.0458. The third-order valence-electron chi connectivity index (χ3n) is 3.61. The highest BCUT2D eigenvalue weighted by atomic mass is 16.5. The van der Waals surface area contributed by atoms with Crippen LogP contribution in [0.25, 0.3) is 0 Å². The molecule has 2 unspecified atom stereocenters. The molecule has 0 saturated carbocycles. The van der Waals surface area contributed by atoms with Crippen molar-refractivity contribution in [1.82, 2.24) is 4.90 Å². The minimum absolute atomic E-state index is 0.256. The first-order chi connectivity index (χ1) is 8.43. The molecule has 106 valence electrons. The van der Waals surface area contributed by atoms with E-state index in [0.717, 1.165) is 45.4 Å². The second kappa shape index (κ2) is 7.27. The fourth-order valence-electron chi connectivity index (χ4n) is 2.30. The Bertz CT molecular complexity index is 247. The molecule has 2 atom stereocenters. The van der Waals surface area contributed by atoms with Crippen LogP contribution in [0.1, 0.15) is 46.5 Å². The molecule has 0 aromatic heterocycles. The molecule has 0 amide bonds. The van der Waals surface area contributed by atoms with Crippen molar-refractivity contribution < 1.29 is 9.84 Å². The Kier molecular flexibility index (Phi) is 6.33. The summed E-state index contributed by atoms with van der Waals surface area (Å²) in [5.41, 5.74) is 0.256. The van der Waals surface area contributed by atoms with Crippen LogP contribution in [0.3, 0.4) is 0 Å². The molecule has 1 rings (SSSR count). The van der Waals surface area contributed by atoms with Gasteiger partial charge in [0, 0.05) is 25.2 Å². The van der Waals surface area contributed by atoms with Crippen molar-refractivity contribution in [1.29, 1.82) is 0 Å². The first-order valence-electron chi connectivity index (χ1n) is 7.10. The lowest BCUT2D eigenvalue weighted by atomic mass is 10.1. The maximum Gasteiger partial charge on any atom is 0.0718 e. The summed E-state index contributed by atoms with van der Waals surface area (Å²) in [7, 11) is 0. The summed E-state index contributed by atoms with van der Waals surface area (Å²) in [5, 5.41) is 9.33. The zero-order valence-corrected chi connectivity index (χ0v) is 12.2. The maximum absolute atomic E-state index is 9.33. The van der Waals surface area contributed by atoms with E-state index in [4.69, 9.17) is 4.74 Å². The largest absolute Gasteiger partial charge is 0.389 e. The SMILES string of the molecule is C=CC(O)CCCCOC1CCN(C(C)(C)C)C1. The topological polar surface area (TPSA) is 32.7 Å². The van der Waals surface area contributed by atoms with Gasteiger partial charge in [0.15, 0.2) is 0 Å². The van der Waals surface area contributed by atoms with E-state index in [0.29, 0.717) is 6.10 Å². The summed E-state index contributed by atoms with van der Waals surface area (Å²) >= 11 is 0. The van der Waals surface area contributed by atoms with Crippen molar-refractivity contribution in [3.8, 4) is 0 Å². The lowest BCUT2D eigenvalue weighted by Crippen LogP contribution is -2.40. The van der Waals surface area contributed by atoms with Crippen LogP contribution in [0, 0.1) is 0 Å². The molecule has 1 aliphatic rings. The Hall–Kier alpha value is -0.380. The molecule has 1 N–H and O–H groups in total. The van der Waals surface area contributed by atoms with E-state index in [9.17, 15) is 5.11 Å². The van der Waals surface area contributed by atoms with E-state index in [1.165, 1.54) is 0 Å². The van der Waals surface area contributed by atoms with Crippen LogP contribution in [0.5, 0.6) is 0 Å². The summed E-state index contributed by atoms with van der Waals surface area (Å²) in [4.78, 5) is 2.49. The molecule has 1 saturated heterocycles. The Morgan fingerprint density at radius 1 is 1.44 bits per heavy atom. The fraction of sp³-hybridized carbons (Fsp3) is 0.867. The third-order valence-corrected chi connectivity index (χ3v) is 3.61. The van der Waals surface area contributed by atoms with Gasteiger partial charge < -0.3 is 9.84 Å². The van der Waals surface area contributed by atoms with Gasteiger partial charge in [0.25, 0.3) is 0 Å². The maximum atomic E-state index is 9.33. The van der Waals surface area contributed by atoms with Gasteiger partial charge in [-0.15, -0.1) is 6.58 Å². The first-order valence-corrected chi connectivity index (χ1v) is 7.10. The van der Waals surface area contributed by atoms with Crippen molar-refractivity contribution in [3.63, 3.8) is 0 Å². The predicted molar refractivity (Wildman–Crippen MR) is 75.7 cm³/mol. The number of likely N-dealkylation sites (tertiary alicyclic amines) is 1. The second-order valence-electron chi connectivity index (χ2n) is 6.20. The number of rotatable bonds is 7. The lowest BCUT2D eigenvalue weighted by Gasteiger charge is -2.31. The van der Waals surface area contributed by atoms with Crippen LogP contribution in [0.15, 0.2) is 12.7 Å². The first kappa shape index (κ1) is 15.7. The molecule has 0 radical (unpaired) electrons. The number of unbranched alkanes of at least 4 members (excludes halogenated alkanes) is 1. The monoisotopic (exact) mass is 255 g/mol. The van der Waals surface area contributed by atoms with Gasteiger partial charge in [-0.05, 0) is 46.5 Å². The van der Waals surface area contributed by atoms with Crippen molar-refractivity contribution in [3.05, 3.63) is 12.7 Å². The number of nitrogens with zero attached hydrogens (tertiary/aromatic N) is 1. The van der Waals surface area contributed by atoms with Crippen LogP contribution in [-0.4, -0.2) is 47.4 Å². The van der Waals surface area contributed by atoms with Crippen molar-refractivity contribution >= 4 is 0 Å². The van der Waals surface area contributed by atoms with E-state index in [2.05, 4.69) is 32.3 Å². The summed E-state index contributed by atoms with van der Waals surface area (Å²) < 4.78 is 5.89. The predicted octanol–water partition coefficient (Wildman–Crippen LogP) is 2.59. The smallest absolute Gasteiger partial charge is 0.0718 e. The fourth-order valence-corrected chi connectivity index (χ4v) is 2.30. The number of aliphatic hydroxyl groups is 1. The molecule has 1 fully saturated rings. The van der Waals surface area contributed by atoms with Gasteiger partial charge in [-0.3, -0.25) is 4.90 Å². The minimum Gasteiger partial charge on any atom is -0.389 e. The van der Waals surface area contributed by atoms with Gasteiger partial charge >= 0.3 is 0 Å². The highest BCUT2D eigenvalue weighted by molar-refractivity contribution is 4.85.